The molecule has 0 spiro atoms. The van der Waals surface area contributed by atoms with E-state index in [0.717, 1.165) is 29.2 Å². The van der Waals surface area contributed by atoms with E-state index >= 15 is 0 Å². The summed E-state index contributed by atoms with van der Waals surface area (Å²) in [6.45, 7) is 6.72. The number of aryl methyl sites for hydroxylation is 3. The number of hydrogen-bond donors (Lipinski definition) is 0. The molecule has 0 saturated carbocycles. The minimum atomic E-state index is 0.495. The first kappa shape index (κ1) is 16.6. The molecule has 0 bridgehead atoms. The summed E-state index contributed by atoms with van der Waals surface area (Å²) in [4.78, 5) is 0. The number of hydrogen-bond acceptors (Lipinski definition) is 6. The number of thioether (sulfide) groups is 1. The summed E-state index contributed by atoms with van der Waals surface area (Å²) in [5.74, 6) is 3.04. The van der Waals surface area contributed by atoms with Gasteiger partial charge in [-0.1, -0.05) is 17.8 Å². The van der Waals surface area contributed by atoms with Crippen molar-refractivity contribution in [1.29, 1.82) is 0 Å². The van der Waals surface area contributed by atoms with Crippen LogP contribution >= 0.6 is 11.8 Å². The Morgan fingerprint density at radius 3 is 2.71 bits per heavy atom. The van der Waals surface area contributed by atoms with E-state index in [4.69, 9.17) is 13.6 Å². The van der Waals surface area contributed by atoms with E-state index in [1.165, 1.54) is 22.9 Å². The van der Waals surface area contributed by atoms with Crippen LogP contribution in [0, 0.1) is 20.8 Å². The van der Waals surface area contributed by atoms with Crippen LogP contribution in [-0.4, -0.2) is 22.6 Å². The predicted octanol–water partition coefficient (Wildman–Crippen LogP) is 4.82. The van der Waals surface area contributed by atoms with Crippen molar-refractivity contribution in [3.05, 3.63) is 47.4 Å². The average Bonchev–Trinajstić information content (AvgIpc) is 3.19. The van der Waals surface area contributed by atoms with Gasteiger partial charge < -0.3 is 13.6 Å². The molecule has 1 aromatic carbocycles. The molecule has 0 unspecified atom stereocenters. The topological polar surface area (TPSA) is 61.3 Å². The first-order valence-corrected chi connectivity index (χ1v) is 8.83. The van der Waals surface area contributed by atoms with Crippen molar-refractivity contribution < 1.29 is 13.6 Å². The minimum absolute atomic E-state index is 0.495. The van der Waals surface area contributed by atoms with Crippen LogP contribution < -0.4 is 4.74 Å². The lowest BCUT2D eigenvalue weighted by Crippen LogP contribution is -1.99. The summed E-state index contributed by atoms with van der Waals surface area (Å²) in [7, 11) is 0. The molecule has 24 heavy (non-hydrogen) atoms. The summed E-state index contributed by atoms with van der Waals surface area (Å²) < 4.78 is 16.7. The molecule has 2 aromatic heterocycles. The summed E-state index contributed by atoms with van der Waals surface area (Å²) in [5.41, 5.74) is 3.36. The first-order chi connectivity index (χ1) is 11.6. The van der Waals surface area contributed by atoms with Crippen molar-refractivity contribution in [1.82, 2.24) is 10.2 Å². The Hall–Kier alpha value is -2.21. The third-order valence-electron chi connectivity index (χ3n) is 3.76. The van der Waals surface area contributed by atoms with Gasteiger partial charge >= 0.3 is 0 Å². The quantitative estimate of drug-likeness (QED) is 0.452. The van der Waals surface area contributed by atoms with E-state index in [0.29, 0.717) is 17.7 Å². The first-order valence-electron chi connectivity index (χ1n) is 7.84. The van der Waals surface area contributed by atoms with E-state index < -0.39 is 0 Å². The Balaban J connectivity index is 1.43. The van der Waals surface area contributed by atoms with Crippen molar-refractivity contribution in [2.24, 2.45) is 0 Å². The molecule has 0 amide bonds. The zero-order chi connectivity index (χ0) is 16.9. The fourth-order valence-electron chi connectivity index (χ4n) is 2.20. The van der Waals surface area contributed by atoms with Gasteiger partial charge in [0, 0.05) is 5.75 Å². The van der Waals surface area contributed by atoms with Crippen LogP contribution in [0.25, 0.3) is 11.5 Å². The van der Waals surface area contributed by atoms with Crippen LogP contribution in [0.15, 0.2) is 44.6 Å². The van der Waals surface area contributed by atoms with Gasteiger partial charge in [0.1, 0.15) is 11.5 Å². The van der Waals surface area contributed by atoms with Gasteiger partial charge in [0.15, 0.2) is 0 Å². The Labute approximate surface area is 145 Å². The van der Waals surface area contributed by atoms with Gasteiger partial charge in [0.2, 0.25) is 0 Å². The third-order valence-corrected chi connectivity index (χ3v) is 4.66. The molecule has 6 heteroatoms. The Bertz CT molecular complexity index is 810. The zero-order valence-corrected chi connectivity index (χ0v) is 14.9. The molecule has 0 aliphatic heterocycles. The van der Waals surface area contributed by atoms with Gasteiger partial charge in [0.25, 0.3) is 11.1 Å². The van der Waals surface area contributed by atoms with Gasteiger partial charge in [-0.3, -0.25) is 0 Å². The van der Waals surface area contributed by atoms with E-state index in [-0.39, 0.29) is 0 Å². The molecule has 5 nitrogen and oxygen atoms in total. The molecule has 0 saturated heterocycles. The fraction of sp³-hybridized carbons (Fsp3) is 0.333. The van der Waals surface area contributed by atoms with Gasteiger partial charge in [0.05, 0.1) is 18.4 Å². The second-order valence-electron chi connectivity index (χ2n) is 5.56. The maximum atomic E-state index is 5.77. The van der Waals surface area contributed by atoms with Gasteiger partial charge in [-0.25, -0.2) is 0 Å². The van der Waals surface area contributed by atoms with Crippen molar-refractivity contribution in [2.45, 2.75) is 32.4 Å². The highest BCUT2D eigenvalue weighted by Crippen LogP contribution is 2.26. The smallest absolute Gasteiger partial charge is 0.276 e. The standard InChI is InChI=1S/C18H20N2O3S/c1-12-5-6-15(11-13(12)2)22-8-4-10-24-18-20-19-17(23-18)16-7-9-21-14(16)3/h5-7,9,11H,4,8,10H2,1-3H3. The molecule has 0 fully saturated rings. The van der Waals surface area contributed by atoms with Crippen molar-refractivity contribution >= 4 is 11.8 Å². The largest absolute Gasteiger partial charge is 0.494 e. The molecule has 2 heterocycles. The SMILES string of the molecule is Cc1ccc(OCCCSc2nnc(-c3ccoc3C)o2)cc1C. The second kappa shape index (κ2) is 7.57. The van der Waals surface area contributed by atoms with Gasteiger partial charge in [-0.15, -0.1) is 10.2 Å². The van der Waals surface area contributed by atoms with E-state index in [2.05, 4.69) is 36.2 Å². The highest BCUT2D eigenvalue weighted by molar-refractivity contribution is 7.99. The number of rotatable bonds is 7. The molecular formula is C18H20N2O3S. The third kappa shape index (κ3) is 4.00. The number of furan rings is 1. The molecule has 0 aliphatic carbocycles. The average molecular weight is 344 g/mol. The number of aromatic nitrogens is 2. The van der Waals surface area contributed by atoms with Crippen molar-refractivity contribution in [3.8, 4) is 17.2 Å². The summed E-state index contributed by atoms with van der Waals surface area (Å²) in [6.07, 6.45) is 2.52. The monoisotopic (exact) mass is 344 g/mol. The summed E-state index contributed by atoms with van der Waals surface area (Å²) in [5, 5.41) is 8.68. The molecule has 0 aliphatic rings. The molecular weight excluding hydrogens is 324 g/mol. The lowest BCUT2D eigenvalue weighted by atomic mass is 10.1. The van der Waals surface area contributed by atoms with Crippen LogP contribution in [0.2, 0.25) is 0 Å². The molecule has 0 N–H and O–H groups in total. The Kier molecular flexibility index (Phi) is 5.25. The second-order valence-corrected chi connectivity index (χ2v) is 6.61. The van der Waals surface area contributed by atoms with E-state index in [1.807, 2.05) is 19.1 Å². The highest BCUT2D eigenvalue weighted by atomic mass is 32.2. The summed E-state index contributed by atoms with van der Waals surface area (Å²) >= 11 is 1.53. The highest BCUT2D eigenvalue weighted by Gasteiger charge is 2.13. The van der Waals surface area contributed by atoms with Crippen LogP contribution in [0.3, 0.4) is 0 Å². The van der Waals surface area contributed by atoms with E-state index in [9.17, 15) is 0 Å². The number of nitrogens with zero attached hydrogens (tertiary/aromatic N) is 2. The van der Waals surface area contributed by atoms with Crippen LogP contribution in [0.4, 0.5) is 0 Å². The van der Waals surface area contributed by atoms with Crippen molar-refractivity contribution in [2.75, 3.05) is 12.4 Å². The lowest BCUT2D eigenvalue weighted by molar-refractivity contribution is 0.318. The summed E-state index contributed by atoms with van der Waals surface area (Å²) in [6, 6.07) is 7.99. The zero-order valence-electron chi connectivity index (χ0n) is 14.0. The number of benzene rings is 1. The predicted molar refractivity (Wildman–Crippen MR) is 93.5 cm³/mol. The molecule has 0 radical (unpaired) electrons. The maximum absolute atomic E-state index is 5.77. The van der Waals surface area contributed by atoms with Crippen LogP contribution in [-0.2, 0) is 0 Å². The van der Waals surface area contributed by atoms with Crippen molar-refractivity contribution in [3.63, 3.8) is 0 Å². The minimum Gasteiger partial charge on any atom is -0.494 e. The molecule has 126 valence electrons. The van der Waals surface area contributed by atoms with Crippen LogP contribution in [0.1, 0.15) is 23.3 Å². The molecule has 3 rings (SSSR count). The number of ether oxygens (including phenoxy) is 1. The van der Waals surface area contributed by atoms with E-state index in [1.54, 1.807) is 6.26 Å². The lowest BCUT2D eigenvalue weighted by Gasteiger charge is -2.07. The van der Waals surface area contributed by atoms with Gasteiger partial charge in [-0.05, 0) is 56.5 Å². The molecule has 3 aromatic rings. The van der Waals surface area contributed by atoms with Crippen LogP contribution in [0.5, 0.6) is 5.75 Å². The Morgan fingerprint density at radius 1 is 1.08 bits per heavy atom. The normalized spacial score (nSPS) is 11.0. The molecule has 0 atom stereocenters. The maximum Gasteiger partial charge on any atom is 0.276 e. The van der Waals surface area contributed by atoms with Gasteiger partial charge in [-0.2, -0.15) is 0 Å². The Morgan fingerprint density at radius 2 is 1.96 bits per heavy atom. The fourth-order valence-corrected chi connectivity index (χ4v) is 2.87.